The molecule has 0 aromatic rings. The highest BCUT2D eigenvalue weighted by Gasteiger charge is 2.28. The maximum atomic E-state index is 2.46. The van der Waals surface area contributed by atoms with E-state index in [1.165, 1.54) is 57.8 Å². The van der Waals surface area contributed by atoms with Crippen LogP contribution in [-0.4, -0.2) is 0 Å². The molecule has 1 aliphatic carbocycles. The molecule has 17 heavy (non-hydrogen) atoms. The van der Waals surface area contributed by atoms with Gasteiger partial charge in [-0.25, -0.2) is 0 Å². The van der Waals surface area contributed by atoms with E-state index in [1.807, 2.05) is 0 Å². The second-order valence-corrected chi connectivity index (χ2v) is 6.40. The third-order valence-corrected chi connectivity index (χ3v) is 5.25. The average molecular weight is 238 g/mol. The molecule has 0 heteroatoms. The Morgan fingerprint density at radius 3 is 1.71 bits per heavy atom. The van der Waals surface area contributed by atoms with Crippen molar-refractivity contribution in [3.05, 3.63) is 0 Å². The van der Waals surface area contributed by atoms with Crippen LogP contribution in [0, 0.1) is 23.7 Å². The third-order valence-electron chi connectivity index (χ3n) is 5.25. The van der Waals surface area contributed by atoms with E-state index in [0.717, 1.165) is 23.7 Å². The van der Waals surface area contributed by atoms with Crippen molar-refractivity contribution in [1.82, 2.24) is 0 Å². The highest BCUT2D eigenvalue weighted by Crippen LogP contribution is 2.40. The number of rotatable bonds is 7. The zero-order chi connectivity index (χ0) is 12.7. The molecule has 0 aromatic carbocycles. The van der Waals surface area contributed by atoms with Crippen molar-refractivity contribution in [2.75, 3.05) is 0 Å². The van der Waals surface area contributed by atoms with Crippen molar-refractivity contribution in [1.29, 1.82) is 0 Å². The van der Waals surface area contributed by atoms with Gasteiger partial charge < -0.3 is 0 Å². The Bertz CT molecular complexity index is 170. The van der Waals surface area contributed by atoms with Crippen molar-refractivity contribution >= 4 is 0 Å². The van der Waals surface area contributed by atoms with E-state index in [-0.39, 0.29) is 0 Å². The van der Waals surface area contributed by atoms with Gasteiger partial charge in [0.2, 0.25) is 0 Å². The van der Waals surface area contributed by atoms with E-state index in [9.17, 15) is 0 Å². The molecule has 1 aliphatic rings. The number of hydrogen-bond acceptors (Lipinski definition) is 0. The van der Waals surface area contributed by atoms with Gasteiger partial charge in [0, 0.05) is 0 Å². The van der Waals surface area contributed by atoms with Crippen molar-refractivity contribution in [3.63, 3.8) is 0 Å². The van der Waals surface area contributed by atoms with Crippen LogP contribution in [0.15, 0.2) is 0 Å². The van der Waals surface area contributed by atoms with E-state index < -0.39 is 0 Å². The van der Waals surface area contributed by atoms with E-state index in [0.29, 0.717) is 0 Å². The van der Waals surface area contributed by atoms with Crippen LogP contribution >= 0.6 is 0 Å². The second kappa shape index (κ2) is 8.16. The van der Waals surface area contributed by atoms with Gasteiger partial charge in [0.1, 0.15) is 0 Å². The summed E-state index contributed by atoms with van der Waals surface area (Å²) in [7, 11) is 0. The van der Waals surface area contributed by atoms with Gasteiger partial charge in [-0.3, -0.25) is 0 Å². The highest BCUT2D eigenvalue weighted by molar-refractivity contribution is 4.79. The first-order valence-electron chi connectivity index (χ1n) is 8.22. The van der Waals surface area contributed by atoms with Crippen LogP contribution in [0.4, 0.5) is 0 Å². The Morgan fingerprint density at radius 1 is 0.824 bits per heavy atom. The minimum absolute atomic E-state index is 0.965. The molecule has 1 rings (SSSR count). The Labute approximate surface area is 110 Å². The van der Waals surface area contributed by atoms with Crippen LogP contribution in [0.5, 0.6) is 0 Å². The lowest BCUT2D eigenvalue weighted by Gasteiger charge is -2.36. The minimum Gasteiger partial charge on any atom is -0.0654 e. The van der Waals surface area contributed by atoms with Crippen LogP contribution in [0.2, 0.25) is 0 Å². The molecular weight excluding hydrogens is 204 g/mol. The van der Waals surface area contributed by atoms with E-state index in [2.05, 4.69) is 27.7 Å². The second-order valence-electron chi connectivity index (χ2n) is 6.40. The van der Waals surface area contributed by atoms with Crippen molar-refractivity contribution < 1.29 is 0 Å². The molecule has 0 aromatic heterocycles. The van der Waals surface area contributed by atoms with Crippen molar-refractivity contribution in [2.45, 2.75) is 85.5 Å². The van der Waals surface area contributed by atoms with Gasteiger partial charge in [-0.15, -0.1) is 0 Å². The largest absolute Gasteiger partial charge is 0.0654 e. The molecule has 1 atom stereocenters. The topological polar surface area (TPSA) is 0 Å². The summed E-state index contributed by atoms with van der Waals surface area (Å²) in [6, 6.07) is 0. The molecule has 0 aliphatic heterocycles. The lowest BCUT2D eigenvalue weighted by Crippen LogP contribution is -2.24. The standard InChI is InChI=1S/C17H34/c1-5-8-16(9-6-2)17-12-10-15(11-13-17)14(4)7-3/h14-17H,5-13H2,1-4H3. The fourth-order valence-corrected chi connectivity index (χ4v) is 3.88. The summed E-state index contributed by atoms with van der Waals surface area (Å²) in [4.78, 5) is 0. The Kier molecular flexibility index (Phi) is 7.23. The lowest BCUT2D eigenvalue weighted by atomic mass is 9.70. The zero-order valence-corrected chi connectivity index (χ0v) is 12.7. The molecule has 0 saturated heterocycles. The normalized spacial score (nSPS) is 27.4. The first kappa shape index (κ1) is 15.1. The van der Waals surface area contributed by atoms with Crippen LogP contribution in [-0.2, 0) is 0 Å². The van der Waals surface area contributed by atoms with Gasteiger partial charge in [-0.05, 0) is 49.4 Å². The SMILES string of the molecule is CCCC(CCC)C1CCC(C(C)CC)CC1. The molecule has 1 fully saturated rings. The summed E-state index contributed by atoms with van der Waals surface area (Å²) < 4.78 is 0. The summed E-state index contributed by atoms with van der Waals surface area (Å²) in [5.74, 6) is 4.12. The predicted octanol–water partition coefficient (Wildman–Crippen LogP) is 6.06. The quantitative estimate of drug-likeness (QED) is 0.506. The van der Waals surface area contributed by atoms with E-state index in [4.69, 9.17) is 0 Å². The van der Waals surface area contributed by atoms with Crippen LogP contribution in [0.3, 0.4) is 0 Å². The Balaban J connectivity index is 2.38. The fraction of sp³-hybridized carbons (Fsp3) is 1.00. The monoisotopic (exact) mass is 238 g/mol. The van der Waals surface area contributed by atoms with Gasteiger partial charge in [-0.1, -0.05) is 59.8 Å². The van der Waals surface area contributed by atoms with Crippen LogP contribution in [0.25, 0.3) is 0 Å². The summed E-state index contributed by atoms with van der Waals surface area (Å²) in [6.07, 6.45) is 13.2. The van der Waals surface area contributed by atoms with Crippen LogP contribution in [0.1, 0.15) is 85.5 Å². The van der Waals surface area contributed by atoms with E-state index in [1.54, 1.807) is 0 Å². The molecule has 0 heterocycles. The first-order chi connectivity index (χ1) is 8.22. The van der Waals surface area contributed by atoms with Gasteiger partial charge in [0.25, 0.3) is 0 Å². The van der Waals surface area contributed by atoms with E-state index >= 15 is 0 Å². The van der Waals surface area contributed by atoms with Gasteiger partial charge in [0.05, 0.1) is 0 Å². The van der Waals surface area contributed by atoms with Crippen LogP contribution < -0.4 is 0 Å². The van der Waals surface area contributed by atoms with Gasteiger partial charge in [-0.2, -0.15) is 0 Å². The zero-order valence-electron chi connectivity index (χ0n) is 12.7. The molecule has 0 spiro atoms. The fourth-order valence-electron chi connectivity index (χ4n) is 3.88. The Hall–Kier alpha value is 0. The molecule has 0 amide bonds. The van der Waals surface area contributed by atoms with Crippen molar-refractivity contribution in [3.8, 4) is 0 Å². The first-order valence-corrected chi connectivity index (χ1v) is 8.22. The summed E-state index contributed by atoms with van der Waals surface area (Å²) in [5.41, 5.74) is 0. The summed E-state index contributed by atoms with van der Waals surface area (Å²) in [5, 5.41) is 0. The maximum absolute atomic E-state index is 2.46. The molecule has 0 N–H and O–H groups in total. The molecule has 102 valence electrons. The Morgan fingerprint density at radius 2 is 1.29 bits per heavy atom. The molecule has 0 bridgehead atoms. The maximum Gasteiger partial charge on any atom is -0.0386 e. The molecule has 0 nitrogen and oxygen atoms in total. The molecular formula is C17H34. The molecule has 0 radical (unpaired) electrons. The van der Waals surface area contributed by atoms with Crippen molar-refractivity contribution in [2.24, 2.45) is 23.7 Å². The van der Waals surface area contributed by atoms with Gasteiger partial charge >= 0.3 is 0 Å². The highest BCUT2D eigenvalue weighted by atomic mass is 14.3. The number of hydrogen-bond donors (Lipinski definition) is 0. The third kappa shape index (κ3) is 4.64. The smallest absolute Gasteiger partial charge is 0.0386 e. The molecule has 1 unspecified atom stereocenters. The molecule has 1 saturated carbocycles. The van der Waals surface area contributed by atoms with Gasteiger partial charge in [0.15, 0.2) is 0 Å². The minimum atomic E-state index is 0.965. The predicted molar refractivity (Wildman–Crippen MR) is 78.2 cm³/mol. The summed E-state index contributed by atoms with van der Waals surface area (Å²) >= 11 is 0. The lowest BCUT2D eigenvalue weighted by molar-refractivity contribution is 0.154. The summed E-state index contributed by atoms with van der Waals surface area (Å²) in [6.45, 7) is 9.52. The average Bonchev–Trinajstić information content (AvgIpc) is 2.38.